The SMILES string of the molecule is CC1=C(CCC(=O)O)CCN(C)C1. The fourth-order valence-corrected chi connectivity index (χ4v) is 1.73. The molecule has 1 aliphatic heterocycles. The van der Waals surface area contributed by atoms with E-state index in [0.717, 1.165) is 25.9 Å². The second kappa shape index (κ2) is 4.42. The third kappa shape index (κ3) is 3.19. The van der Waals surface area contributed by atoms with Crippen LogP contribution in [0.5, 0.6) is 0 Å². The molecule has 0 radical (unpaired) electrons. The number of hydrogen-bond acceptors (Lipinski definition) is 2. The average molecular weight is 183 g/mol. The van der Waals surface area contributed by atoms with Gasteiger partial charge in [0.05, 0.1) is 0 Å². The molecule has 1 heterocycles. The Morgan fingerprint density at radius 2 is 2.31 bits per heavy atom. The number of carboxylic acid groups (broad SMARTS) is 1. The summed E-state index contributed by atoms with van der Waals surface area (Å²) in [6, 6.07) is 0. The third-order valence-corrected chi connectivity index (χ3v) is 2.55. The molecule has 74 valence electrons. The number of nitrogens with zero attached hydrogens (tertiary/aromatic N) is 1. The van der Waals surface area contributed by atoms with Crippen LogP contribution in [-0.4, -0.2) is 36.1 Å². The van der Waals surface area contributed by atoms with Crippen LogP contribution in [0, 0.1) is 0 Å². The zero-order valence-corrected chi connectivity index (χ0v) is 8.34. The van der Waals surface area contributed by atoms with Gasteiger partial charge >= 0.3 is 5.97 Å². The number of aliphatic carboxylic acids is 1. The Kier molecular flexibility index (Phi) is 3.48. The van der Waals surface area contributed by atoms with Crippen molar-refractivity contribution in [2.75, 3.05) is 20.1 Å². The quantitative estimate of drug-likeness (QED) is 0.674. The molecular formula is C10H17NO2. The number of rotatable bonds is 3. The molecule has 0 amide bonds. The van der Waals surface area contributed by atoms with Crippen LogP contribution in [0.25, 0.3) is 0 Å². The van der Waals surface area contributed by atoms with E-state index in [4.69, 9.17) is 5.11 Å². The van der Waals surface area contributed by atoms with Gasteiger partial charge in [-0.1, -0.05) is 11.1 Å². The molecule has 0 spiro atoms. The van der Waals surface area contributed by atoms with Gasteiger partial charge in [0.15, 0.2) is 0 Å². The fraction of sp³-hybridized carbons (Fsp3) is 0.700. The van der Waals surface area contributed by atoms with Crippen LogP contribution < -0.4 is 0 Å². The summed E-state index contributed by atoms with van der Waals surface area (Å²) in [5.74, 6) is -0.695. The molecule has 0 atom stereocenters. The normalized spacial score (nSPS) is 19.2. The maximum absolute atomic E-state index is 10.4. The highest BCUT2D eigenvalue weighted by atomic mass is 16.4. The molecule has 0 aliphatic carbocycles. The van der Waals surface area contributed by atoms with Gasteiger partial charge in [-0.2, -0.15) is 0 Å². The molecule has 0 aromatic carbocycles. The number of hydrogen-bond donors (Lipinski definition) is 1. The summed E-state index contributed by atoms with van der Waals surface area (Å²) in [5.41, 5.74) is 2.70. The summed E-state index contributed by atoms with van der Waals surface area (Å²) in [7, 11) is 2.09. The third-order valence-electron chi connectivity index (χ3n) is 2.55. The smallest absolute Gasteiger partial charge is 0.303 e. The second-order valence-electron chi connectivity index (χ2n) is 3.77. The molecule has 1 N–H and O–H groups in total. The Morgan fingerprint density at radius 3 is 2.85 bits per heavy atom. The molecule has 1 aliphatic rings. The van der Waals surface area contributed by atoms with Gasteiger partial charge in [0.1, 0.15) is 0 Å². The molecular weight excluding hydrogens is 166 g/mol. The summed E-state index contributed by atoms with van der Waals surface area (Å²) in [6.45, 7) is 4.16. The van der Waals surface area contributed by atoms with Gasteiger partial charge in [-0.25, -0.2) is 0 Å². The molecule has 0 saturated heterocycles. The largest absolute Gasteiger partial charge is 0.481 e. The maximum atomic E-state index is 10.4. The van der Waals surface area contributed by atoms with E-state index in [1.165, 1.54) is 11.1 Å². The van der Waals surface area contributed by atoms with E-state index in [1.54, 1.807) is 0 Å². The van der Waals surface area contributed by atoms with Crippen molar-refractivity contribution in [2.45, 2.75) is 26.2 Å². The number of likely N-dealkylation sites (N-methyl/N-ethyl adjacent to an activating group) is 1. The monoisotopic (exact) mass is 183 g/mol. The van der Waals surface area contributed by atoms with E-state index in [-0.39, 0.29) is 6.42 Å². The van der Waals surface area contributed by atoms with E-state index in [9.17, 15) is 4.79 Å². The van der Waals surface area contributed by atoms with Crippen LogP contribution in [0.15, 0.2) is 11.1 Å². The summed E-state index contributed by atoms with van der Waals surface area (Å²) < 4.78 is 0. The first-order chi connectivity index (χ1) is 6.09. The molecule has 0 unspecified atom stereocenters. The lowest BCUT2D eigenvalue weighted by Crippen LogP contribution is -2.27. The molecule has 0 saturated carbocycles. The Balaban J connectivity index is 2.48. The fourth-order valence-electron chi connectivity index (χ4n) is 1.73. The first kappa shape index (κ1) is 10.3. The molecule has 0 fully saturated rings. The lowest BCUT2D eigenvalue weighted by atomic mass is 9.97. The lowest BCUT2D eigenvalue weighted by Gasteiger charge is -2.25. The average Bonchev–Trinajstić information content (AvgIpc) is 2.02. The highest BCUT2D eigenvalue weighted by molar-refractivity contribution is 5.67. The van der Waals surface area contributed by atoms with Crippen LogP contribution in [0.3, 0.4) is 0 Å². The summed E-state index contributed by atoms with van der Waals surface area (Å²) >= 11 is 0. The van der Waals surface area contributed by atoms with Crippen LogP contribution in [0.1, 0.15) is 26.2 Å². The van der Waals surface area contributed by atoms with Crippen LogP contribution in [0.2, 0.25) is 0 Å². The molecule has 3 heteroatoms. The van der Waals surface area contributed by atoms with Crippen molar-refractivity contribution < 1.29 is 9.90 Å². The summed E-state index contributed by atoms with van der Waals surface area (Å²) in [6.07, 6.45) is 2.04. The highest BCUT2D eigenvalue weighted by Gasteiger charge is 2.13. The summed E-state index contributed by atoms with van der Waals surface area (Å²) in [5, 5.41) is 8.55. The van der Waals surface area contributed by atoms with Gasteiger partial charge in [-0.3, -0.25) is 4.79 Å². The molecule has 0 bridgehead atoms. The van der Waals surface area contributed by atoms with Crippen molar-refractivity contribution in [1.29, 1.82) is 0 Å². The van der Waals surface area contributed by atoms with Crippen molar-refractivity contribution in [3.05, 3.63) is 11.1 Å². The van der Waals surface area contributed by atoms with Gasteiger partial charge in [0.2, 0.25) is 0 Å². The van der Waals surface area contributed by atoms with E-state index >= 15 is 0 Å². The first-order valence-corrected chi connectivity index (χ1v) is 4.67. The predicted octanol–water partition coefficient (Wildman–Crippen LogP) is 1.50. The van der Waals surface area contributed by atoms with Gasteiger partial charge in [0.25, 0.3) is 0 Å². The molecule has 0 aromatic heterocycles. The van der Waals surface area contributed by atoms with Gasteiger partial charge < -0.3 is 10.0 Å². The minimum absolute atomic E-state index is 0.274. The van der Waals surface area contributed by atoms with E-state index in [2.05, 4.69) is 18.9 Å². The lowest BCUT2D eigenvalue weighted by molar-refractivity contribution is -0.136. The molecule has 0 aromatic rings. The maximum Gasteiger partial charge on any atom is 0.303 e. The van der Waals surface area contributed by atoms with Gasteiger partial charge in [0, 0.05) is 19.5 Å². The zero-order valence-electron chi connectivity index (χ0n) is 8.34. The molecule has 1 rings (SSSR count). The molecule has 13 heavy (non-hydrogen) atoms. The Bertz CT molecular complexity index is 233. The van der Waals surface area contributed by atoms with Crippen LogP contribution >= 0.6 is 0 Å². The standard InChI is InChI=1S/C10H17NO2/c1-8-7-11(2)6-5-9(8)3-4-10(12)13/h3-7H2,1-2H3,(H,12,13). The van der Waals surface area contributed by atoms with Crippen molar-refractivity contribution >= 4 is 5.97 Å². The van der Waals surface area contributed by atoms with E-state index < -0.39 is 5.97 Å². The topological polar surface area (TPSA) is 40.5 Å². The van der Waals surface area contributed by atoms with Crippen LogP contribution in [-0.2, 0) is 4.79 Å². The Morgan fingerprint density at radius 1 is 1.62 bits per heavy atom. The van der Waals surface area contributed by atoms with E-state index in [0.29, 0.717) is 0 Å². The number of carbonyl (C=O) groups is 1. The highest BCUT2D eigenvalue weighted by Crippen LogP contribution is 2.20. The minimum Gasteiger partial charge on any atom is -0.481 e. The van der Waals surface area contributed by atoms with E-state index in [1.807, 2.05) is 0 Å². The van der Waals surface area contributed by atoms with Gasteiger partial charge in [-0.15, -0.1) is 0 Å². The van der Waals surface area contributed by atoms with Crippen molar-refractivity contribution in [1.82, 2.24) is 4.90 Å². The predicted molar refractivity (Wildman–Crippen MR) is 51.7 cm³/mol. The first-order valence-electron chi connectivity index (χ1n) is 4.67. The summed E-state index contributed by atoms with van der Waals surface area (Å²) in [4.78, 5) is 12.6. The van der Waals surface area contributed by atoms with Crippen molar-refractivity contribution in [3.8, 4) is 0 Å². The van der Waals surface area contributed by atoms with Gasteiger partial charge in [-0.05, 0) is 26.8 Å². The minimum atomic E-state index is -0.695. The van der Waals surface area contributed by atoms with Crippen LogP contribution in [0.4, 0.5) is 0 Å². The second-order valence-corrected chi connectivity index (χ2v) is 3.77. The molecule has 3 nitrogen and oxygen atoms in total. The Hall–Kier alpha value is -0.830. The number of carboxylic acids is 1. The Labute approximate surface area is 79.0 Å². The van der Waals surface area contributed by atoms with Crippen molar-refractivity contribution in [3.63, 3.8) is 0 Å². The van der Waals surface area contributed by atoms with Crippen molar-refractivity contribution in [2.24, 2.45) is 0 Å². The zero-order chi connectivity index (χ0) is 9.84.